The van der Waals surface area contributed by atoms with Crippen LogP contribution in [0.2, 0.25) is 0 Å². The highest BCUT2D eigenvalue weighted by molar-refractivity contribution is 5.76. The predicted octanol–water partition coefficient (Wildman–Crippen LogP) is 3.93. The van der Waals surface area contributed by atoms with Crippen LogP contribution in [0.15, 0.2) is 48.8 Å². The van der Waals surface area contributed by atoms with Gasteiger partial charge in [0.15, 0.2) is 0 Å². The van der Waals surface area contributed by atoms with Crippen LogP contribution < -0.4 is 10.2 Å². The van der Waals surface area contributed by atoms with Gasteiger partial charge in [0.2, 0.25) is 5.95 Å². The summed E-state index contributed by atoms with van der Waals surface area (Å²) in [7, 11) is 3.94. The molecule has 0 bridgehead atoms. The van der Waals surface area contributed by atoms with Crippen LogP contribution in [-0.4, -0.2) is 45.1 Å². The van der Waals surface area contributed by atoms with Crippen molar-refractivity contribution in [1.82, 2.24) is 24.5 Å². The molecule has 0 amide bonds. The first kappa shape index (κ1) is 22.2. The molecule has 1 unspecified atom stereocenters. The molecule has 1 N–H and O–H groups in total. The average Bonchev–Trinajstić information content (AvgIpc) is 3.20. The van der Waals surface area contributed by atoms with Crippen molar-refractivity contribution in [2.45, 2.75) is 32.7 Å². The maximum Gasteiger partial charge on any atom is 0.222 e. The van der Waals surface area contributed by atoms with Gasteiger partial charge < -0.3 is 14.8 Å². The van der Waals surface area contributed by atoms with Gasteiger partial charge in [-0.05, 0) is 49.6 Å². The largest absolute Gasteiger partial charge is 0.363 e. The number of hydrogen-bond acceptors (Lipinski definition) is 7. The van der Waals surface area contributed by atoms with E-state index >= 15 is 0 Å². The van der Waals surface area contributed by atoms with Crippen LogP contribution in [-0.2, 0) is 13.0 Å². The zero-order valence-electron chi connectivity index (χ0n) is 19.4. The molecular weight excluding hydrogens is 412 g/mol. The summed E-state index contributed by atoms with van der Waals surface area (Å²) in [6.45, 7) is 5.38. The minimum atomic E-state index is -0.580. The van der Waals surface area contributed by atoms with Gasteiger partial charge in [-0.2, -0.15) is 5.26 Å². The van der Waals surface area contributed by atoms with Crippen LogP contribution in [0.1, 0.15) is 35.5 Å². The monoisotopic (exact) mass is 440 g/mol. The number of aromatic nitrogens is 5. The predicted molar refractivity (Wildman–Crippen MR) is 130 cm³/mol. The van der Waals surface area contributed by atoms with E-state index in [9.17, 15) is 5.26 Å². The molecule has 8 nitrogen and oxygen atoms in total. The van der Waals surface area contributed by atoms with Gasteiger partial charge in [-0.15, -0.1) is 0 Å². The normalized spacial score (nSPS) is 11.8. The average molecular weight is 441 g/mol. The van der Waals surface area contributed by atoms with Crippen molar-refractivity contribution in [2.24, 2.45) is 0 Å². The highest BCUT2D eigenvalue weighted by Gasteiger charge is 2.24. The van der Waals surface area contributed by atoms with Gasteiger partial charge in [-0.3, -0.25) is 0 Å². The first-order valence-electron chi connectivity index (χ1n) is 11.1. The van der Waals surface area contributed by atoms with E-state index in [0.29, 0.717) is 24.0 Å². The topological polar surface area (TPSA) is 95.6 Å². The summed E-state index contributed by atoms with van der Waals surface area (Å²) in [6.07, 6.45) is 4.45. The lowest BCUT2D eigenvalue weighted by atomic mass is 10.0. The molecule has 0 aliphatic carbocycles. The van der Waals surface area contributed by atoms with Gasteiger partial charge in [0.25, 0.3) is 0 Å². The molecule has 8 heteroatoms. The summed E-state index contributed by atoms with van der Waals surface area (Å²) in [5, 5.41) is 13.4. The molecule has 0 aliphatic heterocycles. The second-order valence-corrected chi connectivity index (χ2v) is 8.12. The van der Waals surface area contributed by atoms with Gasteiger partial charge in [0, 0.05) is 39.6 Å². The van der Waals surface area contributed by atoms with Crippen LogP contribution in [0, 0.1) is 18.3 Å². The molecule has 1 aromatic carbocycles. The van der Waals surface area contributed by atoms with E-state index in [-0.39, 0.29) is 0 Å². The molecule has 168 valence electrons. The smallest absolute Gasteiger partial charge is 0.222 e. The molecule has 0 spiro atoms. The van der Waals surface area contributed by atoms with Crippen molar-refractivity contribution in [1.29, 1.82) is 5.26 Å². The first-order valence-corrected chi connectivity index (χ1v) is 11.1. The van der Waals surface area contributed by atoms with E-state index in [1.54, 1.807) is 6.20 Å². The number of pyridine rings is 1. The van der Waals surface area contributed by atoms with E-state index in [1.807, 2.05) is 62.4 Å². The molecule has 0 radical (unpaired) electrons. The number of rotatable bonds is 8. The van der Waals surface area contributed by atoms with Crippen molar-refractivity contribution >= 4 is 22.8 Å². The number of nitrogens with zero attached hydrogens (tertiary/aromatic N) is 7. The summed E-state index contributed by atoms with van der Waals surface area (Å²) < 4.78 is 2.09. The number of nitriles is 1. The van der Waals surface area contributed by atoms with Crippen molar-refractivity contribution in [2.75, 3.05) is 30.9 Å². The third-order valence-electron chi connectivity index (χ3n) is 5.64. The van der Waals surface area contributed by atoms with Crippen LogP contribution in [0.5, 0.6) is 0 Å². The van der Waals surface area contributed by atoms with E-state index in [2.05, 4.69) is 38.9 Å². The SMILES string of the molecule is CCn1c(C(C#N)c2nc(NCCc3ccc(N(C)C)nc3)ncc2C)nc2ccccc21. The minimum Gasteiger partial charge on any atom is -0.363 e. The van der Waals surface area contributed by atoms with Gasteiger partial charge >= 0.3 is 0 Å². The lowest BCUT2D eigenvalue weighted by molar-refractivity contribution is 0.702. The Morgan fingerprint density at radius 2 is 1.91 bits per heavy atom. The molecule has 3 aromatic heterocycles. The first-order chi connectivity index (χ1) is 16.0. The van der Waals surface area contributed by atoms with E-state index < -0.39 is 5.92 Å². The molecule has 33 heavy (non-hydrogen) atoms. The summed E-state index contributed by atoms with van der Waals surface area (Å²) in [6, 6.07) is 14.5. The van der Waals surface area contributed by atoms with E-state index in [0.717, 1.165) is 40.9 Å². The number of nitrogens with one attached hydrogen (secondary N) is 1. The summed E-state index contributed by atoms with van der Waals surface area (Å²) >= 11 is 0. The summed E-state index contributed by atoms with van der Waals surface area (Å²) in [5.41, 5.74) is 4.58. The van der Waals surface area contributed by atoms with Crippen LogP contribution in [0.4, 0.5) is 11.8 Å². The van der Waals surface area contributed by atoms with E-state index in [4.69, 9.17) is 9.97 Å². The minimum absolute atomic E-state index is 0.507. The fourth-order valence-corrected chi connectivity index (χ4v) is 3.87. The van der Waals surface area contributed by atoms with Gasteiger partial charge in [-0.25, -0.2) is 19.9 Å². The lowest BCUT2D eigenvalue weighted by Crippen LogP contribution is -2.14. The molecule has 0 saturated carbocycles. The second-order valence-electron chi connectivity index (χ2n) is 8.12. The van der Waals surface area contributed by atoms with E-state index in [1.165, 1.54) is 0 Å². The molecule has 0 fully saturated rings. The van der Waals surface area contributed by atoms with Crippen LogP contribution in [0.3, 0.4) is 0 Å². The number of aryl methyl sites for hydroxylation is 2. The zero-order chi connectivity index (χ0) is 23.4. The van der Waals surface area contributed by atoms with Gasteiger partial charge in [0.1, 0.15) is 17.6 Å². The molecular formula is C25H28N8. The van der Waals surface area contributed by atoms with Crippen LogP contribution in [0.25, 0.3) is 11.0 Å². The molecule has 1 atom stereocenters. The third kappa shape index (κ3) is 4.62. The number of hydrogen-bond donors (Lipinski definition) is 1. The number of anilines is 2. The van der Waals surface area contributed by atoms with Crippen LogP contribution >= 0.6 is 0 Å². The Morgan fingerprint density at radius 3 is 2.61 bits per heavy atom. The Kier molecular flexibility index (Phi) is 6.50. The Morgan fingerprint density at radius 1 is 1.09 bits per heavy atom. The Balaban J connectivity index is 1.54. The second kappa shape index (κ2) is 9.65. The molecule has 0 saturated heterocycles. The highest BCUT2D eigenvalue weighted by Crippen LogP contribution is 2.28. The number of para-hydroxylation sites is 2. The maximum atomic E-state index is 10.1. The number of benzene rings is 1. The Hall–Kier alpha value is -3.99. The fraction of sp³-hybridized carbons (Fsp3) is 0.320. The number of imidazole rings is 1. The van der Waals surface area contributed by atoms with Crippen molar-refractivity contribution in [3.8, 4) is 6.07 Å². The quantitative estimate of drug-likeness (QED) is 0.443. The molecule has 4 aromatic rings. The van der Waals surface area contributed by atoms with Crippen molar-refractivity contribution in [3.63, 3.8) is 0 Å². The molecule has 0 aliphatic rings. The fourth-order valence-electron chi connectivity index (χ4n) is 3.87. The zero-order valence-corrected chi connectivity index (χ0v) is 19.4. The summed E-state index contributed by atoms with van der Waals surface area (Å²) in [4.78, 5) is 20.3. The summed E-state index contributed by atoms with van der Waals surface area (Å²) in [5.74, 6) is 1.57. The lowest BCUT2D eigenvalue weighted by Gasteiger charge is -2.15. The highest BCUT2D eigenvalue weighted by atomic mass is 15.1. The molecule has 3 heterocycles. The Labute approximate surface area is 194 Å². The van der Waals surface area contributed by atoms with Gasteiger partial charge in [0.05, 0.1) is 22.8 Å². The standard InChI is InChI=1S/C25H28N8/c1-5-33-21-9-7-6-8-20(21)30-24(33)19(14-26)23-17(2)15-29-25(31-23)27-13-12-18-10-11-22(28-16-18)32(3)4/h6-11,15-16,19H,5,12-13H2,1-4H3,(H,27,29,31). The van der Waals surface area contributed by atoms with Crippen molar-refractivity contribution in [3.05, 3.63) is 71.4 Å². The molecule has 4 rings (SSSR count). The van der Waals surface area contributed by atoms with Crippen molar-refractivity contribution < 1.29 is 0 Å². The third-order valence-corrected chi connectivity index (χ3v) is 5.64. The maximum absolute atomic E-state index is 10.1. The number of fused-ring (bicyclic) bond motifs is 1. The van der Waals surface area contributed by atoms with Gasteiger partial charge in [-0.1, -0.05) is 18.2 Å². The Bertz CT molecular complexity index is 1280.